The predicted octanol–water partition coefficient (Wildman–Crippen LogP) is 6.34. The van der Waals surface area contributed by atoms with Crippen LogP contribution in [-0.4, -0.2) is 12.5 Å². The second-order valence-corrected chi connectivity index (χ2v) is 7.52. The molecule has 0 saturated carbocycles. The summed E-state index contributed by atoms with van der Waals surface area (Å²) in [5.74, 6) is 0.283. The van der Waals surface area contributed by atoms with Gasteiger partial charge >= 0.3 is 6.18 Å². The fraction of sp³-hybridized carbons (Fsp3) is 0.682. The van der Waals surface area contributed by atoms with Crippen molar-refractivity contribution in [1.29, 1.82) is 0 Å². The minimum absolute atomic E-state index is 0.141. The molecule has 0 unspecified atom stereocenters. The smallest absolute Gasteiger partial charge is 0.370 e. The molecule has 0 bridgehead atoms. The molecule has 1 rings (SSSR count). The van der Waals surface area contributed by atoms with E-state index in [4.69, 9.17) is 5.73 Å². The van der Waals surface area contributed by atoms with E-state index < -0.39 is 11.7 Å². The number of hydrogen-bond acceptors (Lipinski definition) is 1. The fourth-order valence-corrected chi connectivity index (χ4v) is 3.18. The van der Waals surface area contributed by atoms with Crippen molar-refractivity contribution in [2.75, 3.05) is 6.54 Å². The Hall–Kier alpha value is -1.72. The third-order valence-electron chi connectivity index (χ3n) is 4.73. The van der Waals surface area contributed by atoms with Gasteiger partial charge in [0.1, 0.15) is 0 Å². The van der Waals surface area contributed by atoms with Crippen LogP contribution in [0.1, 0.15) is 87.8 Å². The number of benzene rings is 1. The van der Waals surface area contributed by atoms with Crippen LogP contribution in [0.5, 0.6) is 0 Å². The summed E-state index contributed by atoms with van der Waals surface area (Å²) in [5, 5.41) is 3.04. The van der Waals surface area contributed by atoms with Gasteiger partial charge in [-0.15, -0.1) is 0 Å². The van der Waals surface area contributed by atoms with Gasteiger partial charge < -0.3 is 11.1 Å². The quantitative estimate of drug-likeness (QED) is 0.231. The fourth-order valence-electron chi connectivity index (χ4n) is 3.18. The lowest BCUT2D eigenvalue weighted by Gasteiger charge is -2.10. The maximum Gasteiger partial charge on any atom is 0.416 e. The van der Waals surface area contributed by atoms with Crippen molar-refractivity contribution in [2.24, 2.45) is 10.7 Å². The Balaban J connectivity index is 2.18. The maximum absolute atomic E-state index is 12.9. The second kappa shape index (κ2) is 13.5. The number of unbranched alkanes of at least 4 members (excludes halogenated alkanes) is 9. The van der Waals surface area contributed by atoms with Gasteiger partial charge in [0.05, 0.1) is 12.1 Å². The van der Waals surface area contributed by atoms with Gasteiger partial charge in [0.15, 0.2) is 5.96 Å². The number of nitrogens with two attached hydrogens (primary N) is 1. The molecule has 0 amide bonds. The Morgan fingerprint density at radius 3 is 2.07 bits per heavy atom. The molecule has 0 saturated heterocycles. The molecule has 0 fully saturated rings. The van der Waals surface area contributed by atoms with Crippen molar-refractivity contribution in [3.05, 3.63) is 34.9 Å². The van der Waals surface area contributed by atoms with Crippen LogP contribution in [0.4, 0.5) is 13.2 Å². The molecule has 28 heavy (non-hydrogen) atoms. The van der Waals surface area contributed by atoms with Crippen LogP contribution in [-0.2, 0) is 12.7 Å². The van der Waals surface area contributed by atoms with Crippen molar-refractivity contribution < 1.29 is 13.2 Å². The van der Waals surface area contributed by atoms with Gasteiger partial charge in [-0.3, -0.25) is 0 Å². The van der Waals surface area contributed by atoms with Gasteiger partial charge in [0, 0.05) is 6.54 Å². The van der Waals surface area contributed by atoms with E-state index in [1.165, 1.54) is 51.4 Å². The highest BCUT2D eigenvalue weighted by molar-refractivity contribution is 5.77. The zero-order chi connectivity index (χ0) is 20.8. The monoisotopic (exact) mass is 399 g/mol. The van der Waals surface area contributed by atoms with Crippen molar-refractivity contribution in [3.63, 3.8) is 0 Å². The summed E-state index contributed by atoms with van der Waals surface area (Å²) in [5.41, 5.74) is 6.25. The average Bonchev–Trinajstić information content (AvgIpc) is 2.63. The van der Waals surface area contributed by atoms with Gasteiger partial charge in [-0.05, 0) is 31.0 Å². The van der Waals surface area contributed by atoms with Crippen LogP contribution in [0.2, 0.25) is 0 Å². The summed E-state index contributed by atoms with van der Waals surface area (Å²) in [6.07, 6.45) is 8.36. The lowest BCUT2D eigenvalue weighted by atomic mass is 10.1. The Kier molecular flexibility index (Phi) is 11.7. The number of alkyl halides is 3. The molecule has 3 nitrogen and oxygen atoms in total. The zero-order valence-corrected chi connectivity index (χ0v) is 17.4. The highest BCUT2D eigenvalue weighted by Crippen LogP contribution is 2.30. The molecule has 6 heteroatoms. The number of rotatable bonds is 13. The van der Waals surface area contributed by atoms with E-state index in [2.05, 4.69) is 17.2 Å². The normalized spacial score (nSPS) is 12.4. The average molecular weight is 400 g/mol. The number of nitrogens with zero attached hydrogens (tertiary/aromatic N) is 1. The number of hydrogen-bond donors (Lipinski definition) is 2. The third kappa shape index (κ3) is 11.2. The number of halogens is 3. The molecular formula is C22H36F3N3. The summed E-state index contributed by atoms with van der Waals surface area (Å²) in [6, 6.07) is 3.97. The van der Waals surface area contributed by atoms with Crippen LogP contribution >= 0.6 is 0 Å². The molecule has 0 spiro atoms. The Bertz CT molecular complexity index is 583. The minimum Gasteiger partial charge on any atom is -0.370 e. The lowest BCUT2D eigenvalue weighted by Crippen LogP contribution is -2.32. The van der Waals surface area contributed by atoms with Crippen molar-refractivity contribution >= 4 is 5.96 Å². The molecule has 0 aromatic heterocycles. The van der Waals surface area contributed by atoms with E-state index in [1.54, 1.807) is 13.0 Å². The first-order valence-corrected chi connectivity index (χ1v) is 10.5. The van der Waals surface area contributed by atoms with E-state index in [0.717, 1.165) is 31.5 Å². The summed E-state index contributed by atoms with van der Waals surface area (Å²) < 4.78 is 38.6. The molecular weight excluding hydrogens is 363 g/mol. The van der Waals surface area contributed by atoms with Gasteiger partial charge in [-0.2, -0.15) is 13.2 Å². The lowest BCUT2D eigenvalue weighted by molar-refractivity contribution is -0.137. The number of guanidine groups is 1. The SMILES string of the molecule is CCCCCCCCCCCCNC(N)=NCc1cc(C)cc(C(F)(F)F)c1. The second-order valence-electron chi connectivity index (χ2n) is 7.52. The molecule has 1 aromatic carbocycles. The molecule has 3 N–H and O–H groups in total. The largest absolute Gasteiger partial charge is 0.416 e. The molecule has 160 valence electrons. The first-order valence-electron chi connectivity index (χ1n) is 10.5. The zero-order valence-electron chi connectivity index (χ0n) is 17.4. The Morgan fingerprint density at radius 1 is 0.929 bits per heavy atom. The Morgan fingerprint density at radius 2 is 1.50 bits per heavy atom. The number of aliphatic imine (C=N–C) groups is 1. The molecule has 1 aromatic rings. The summed E-state index contributed by atoms with van der Waals surface area (Å²) in [6.45, 7) is 4.77. The maximum atomic E-state index is 12.9. The summed E-state index contributed by atoms with van der Waals surface area (Å²) in [7, 11) is 0. The highest BCUT2D eigenvalue weighted by atomic mass is 19.4. The van der Waals surface area contributed by atoms with Gasteiger partial charge in [0.25, 0.3) is 0 Å². The van der Waals surface area contributed by atoms with Gasteiger partial charge in [0.2, 0.25) is 0 Å². The minimum atomic E-state index is -4.34. The molecule has 0 heterocycles. The molecule has 0 aliphatic rings. The predicted molar refractivity (Wildman–Crippen MR) is 111 cm³/mol. The third-order valence-corrected chi connectivity index (χ3v) is 4.73. The summed E-state index contributed by atoms with van der Waals surface area (Å²) in [4.78, 5) is 4.16. The Labute approximate surface area is 168 Å². The first-order chi connectivity index (χ1) is 13.3. The first kappa shape index (κ1) is 24.3. The molecule has 0 aliphatic carbocycles. The highest BCUT2D eigenvalue weighted by Gasteiger charge is 2.30. The van der Waals surface area contributed by atoms with Crippen LogP contribution in [0, 0.1) is 6.92 Å². The van der Waals surface area contributed by atoms with E-state index in [1.807, 2.05) is 0 Å². The van der Waals surface area contributed by atoms with E-state index in [9.17, 15) is 13.2 Å². The molecule has 0 aliphatic heterocycles. The molecule has 0 atom stereocenters. The van der Waals surface area contributed by atoms with E-state index >= 15 is 0 Å². The van der Waals surface area contributed by atoms with Gasteiger partial charge in [-0.25, -0.2) is 4.99 Å². The number of aryl methyl sites for hydroxylation is 1. The van der Waals surface area contributed by atoms with Gasteiger partial charge in [-0.1, -0.05) is 76.3 Å². The molecule has 0 radical (unpaired) electrons. The summed E-state index contributed by atoms with van der Waals surface area (Å²) >= 11 is 0. The van der Waals surface area contributed by atoms with E-state index in [0.29, 0.717) is 11.1 Å². The van der Waals surface area contributed by atoms with Crippen LogP contribution in [0.15, 0.2) is 23.2 Å². The van der Waals surface area contributed by atoms with Crippen molar-refractivity contribution in [1.82, 2.24) is 5.32 Å². The van der Waals surface area contributed by atoms with Crippen LogP contribution < -0.4 is 11.1 Å². The van der Waals surface area contributed by atoms with Crippen LogP contribution in [0.3, 0.4) is 0 Å². The van der Waals surface area contributed by atoms with Crippen LogP contribution in [0.25, 0.3) is 0 Å². The van der Waals surface area contributed by atoms with Crippen molar-refractivity contribution in [2.45, 2.75) is 90.8 Å². The van der Waals surface area contributed by atoms with Crippen molar-refractivity contribution in [3.8, 4) is 0 Å². The standard InChI is InChI=1S/C22H36F3N3/c1-3-4-5-6-7-8-9-10-11-12-13-27-21(26)28-17-19-14-18(2)15-20(16-19)22(23,24)25/h14-16H,3-13,17H2,1-2H3,(H3,26,27,28). The topological polar surface area (TPSA) is 50.4 Å². The number of nitrogens with one attached hydrogen (secondary N) is 1. The van der Waals surface area contributed by atoms with E-state index in [-0.39, 0.29) is 12.5 Å².